The van der Waals surface area contributed by atoms with Gasteiger partial charge >= 0.3 is 0 Å². The summed E-state index contributed by atoms with van der Waals surface area (Å²) in [5.41, 5.74) is 2.98. The smallest absolute Gasteiger partial charge is 0.268 e. The van der Waals surface area contributed by atoms with Crippen molar-refractivity contribution in [3.63, 3.8) is 0 Å². The van der Waals surface area contributed by atoms with Crippen molar-refractivity contribution in [3.05, 3.63) is 22.5 Å². The lowest BCUT2D eigenvalue weighted by Crippen LogP contribution is -2.50. The lowest BCUT2D eigenvalue weighted by Gasteiger charge is -2.35. The van der Waals surface area contributed by atoms with Crippen LogP contribution in [0.25, 0.3) is 0 Å². The number of Topliss-reactive ketones (excluding diaryl/α,β-unsaturated/α-hetero) is 1. The average Bonchev–Trinajstić information content (AvgIpc) is 3.17. The predicted molar refractivity (Wildman–Crippen MR) is 89.5 cm³/mol. The van der Waals surface area contributed by atoms with Gasteiger partial charge in [0.1, 0.15) is 5.69 Å². The van der Waals surface area contributed by atoms with Crippen LogP contribution >= 0.6 is 0 Å². The third kappa shape index (κ3) is 2.78. The van der Waals surface area contributed by atoms with Gasteiger partial charge in [-0.3, -0.25) is 14.5 Å². The normalized spacial score (nSPS) is 27.0. The maximum absolute atomic E-state index is 12.5. The minimum absolute atomic E-state index is 0.0508. The molecule has 0 spiro atoms. The highest BCUT2D eigenvalue weighted by Crippen LogP contribution is 2.26. The van der Waals surface area contributed by atoms with Crippen LogP contribution in [-0.4, -0.2) is 60.0 Å². The van der Waals surface area contributed by atoms with Gasteiger partial charge in [0.2, 0.25) is 0 Å². The van der Waals surface area contributed by atoms with E-state index >= 15 is 0 Å². The molecule has 0 saturated carbocycles. The van der Waals surface area contributed by atoms with Gasteiger partial charge in [0.25, 0.3) is 5.91 Å². The Balaban J connectivity index is 1.39. The molecule has 6 heteroatoms. The standard InChI is InChI=1S/C18H25N3O3/c1-11-16-14(5-2-6-15(16)22)20-17(11)18(23)19-8-13-9-21-7-3-4-12(21)10-24-13/h12-13,20H,2-10H2,1H3,(H,19,23)/t12-,13+/m1/s1. The Kier molecular flexibility index (Phi) is 4.18. The Morgan fingerprint density at radius 1 is 1.38 bits per heavy atom. The molecule has 2 fully saturated rings. The van der Waals surface area contributed by atoms with Crippen molar-refractivity contribution in [2.24, 2.45) is 0 Å². The Morgan fingerprint density at radius 3 is 3.08 bits per heavy atom. The van der Waals surface area contributed by atoms with E-state index in [1.807, 2.05) is 6.92 Å². The molecule has 3 heterocycles. The highest BCUT2D eigenvalue weighted by atomic mass is 16.5. The van der Waals surface area contributed by atoms with Gasteiger partial charge in [-0.15, -0.1) is 0 Å². The first-order valence-electron chi connectivity index (χ1n) is 9.02. The molecule has 2 atom stereocenters. The summed E-state index contributed by atoms with van der Waals surface area (Å²) in [6.45, 7) is 5.18. The number of H-pyrrole nitrogens is 1. The lowest BCUT2D eigenvalue weighted by atomic mass is 9.94. The summed E-state index contributed by atoms with van der Waals surface area (Å²) in [6.07, 6.45) is 4.81. The Hall–Kier alpha value is -1.66. The van der Waals surface area contributed by atoms with Gasteiger partial charge in [-0.05, 0) is 44.7 Å². The van der Waals surface area contributed by atoms with E-state index in [4.69, 9.17) is 4.74 Å². The Bertz CT molecular complexity index is 667. The van der Waals surface area contributed by atoms with E-state index < -0.39 is 0 Å². The van der Waals surface area contributed by atoms with Crippen LogP contribution < -0.4 is 5.32 Å². The summed E-state index contributed by atoms with van der Waals surface area (Å²) in [5.74, 6) is 0.0154. The van der Waals surface area contributed by atoms with Gasteiger partial charge < -0.3 is 15.0 Å². The van der Waals surface area contributed by atoms with Crippen LogP contribution in [-0.2, 0) is 11.2 Å². The van der Waals surface area contributed by atoms with Crippen LogP contribution in [0.15, 0.2) is 0 Å². The molecule has 0 aromatic carbocycles. The van der Waals surface area contributed by atoms with Gasteiger partial charge in [-0.25, -0.2) is 0 Å². The number of hydrogen-bond acceptors (Lipinski definition) is 4. The molecule has 0 radical (unpaired) electrons. The number of amides is 1. The summed E-state index contributed by atoms with van der Waals surface area (Å²) in [4.78, 5) is 30.3. The van der Waals surface area contributed by atoms with Crippen molar-refractivity contribution in [2.45, 2.75) is 51.2 Å². The SMILES string of the molecule is Cc1c(C(=O)NC[C@H]2CN3CCC[C@@H]3CO2)[nH]c2c1C(=O)CCC2. The minimum Gasteiger partial charge on any atom is -0.373 e. The van der Waals surface area contributed by atoms with E-state index in [0.717, 1.165) is 49.4 Å². The highest BCUT2D eigenvalue weighted by molar-refractivity contribution is 6.04. The second kappa shape index (κ2) is 6.33. The fraction of sp³-hybridized carbons (Fsp3) is 0.667. The van der Waals surface area contributed by atoms with Crippen LogP contribution in [0.1, 0.15) is 57.8 Å². The number of hydrogen-bond donors (Lipinski definition) is 2. The van der Waals surface area contributed by atoms with E-state index in [9.17, 15) is 9.59 Å². The molecule has 24 heavy (non-hydrogen) atoms. The molecule has 3 aliphatic rings. The summed E-state index contributed by atoms with van der Waals surface area (Å²) >= 11 is 0. The molecule has 0 unspecified atom stereocenters. The van der Waals surface area contributed by atoms with Crippen molar-refractivity contribution in [2.75, 3.05) is 26.2 Å². The maximum atomic E-state index is 12.5. The van der Waals surface area contributed by atoms with E-state index in [1.165, 1.54) is 12.8 Å². The fourth-order valence-corrected chi connectivity index (χ4v) is 4.31. The summed E-state index contributed by atoms with van der Waals surface area (Å²) in [5, 5.41) is 2.98. The third-order valence-corrected chi connectivity index (χ3v) is 5.62. The summed E-state index contributed by atoms with van der Waals surface area (Å²) in [6, 6.07) is 0.570. The molecule has 1 aromatic heterocycles. The Morgan fingerprint density at radius 2 is 2.25 bits per heavy atom. The van der Waals surface area contributed by atoms with E-state index in [2.05, 4.69) is 15.2 Å². The summed E-state index contributed by atoms with van der Waals surface area (Å²) < 4.78 is 5.89. The van der Waals surface area contributed by atoms with Crippen LogP contribution in [0.2, 0.25) is 0 Å². The van der Waals surface area contributed by atoms with Crippen molar-refractivity contribution >= 4 is 11.7 Å². The monoisotopic (exact) mass is 331 g/mol. The molecule has 1 amide bonds. The number of rotatable bonds is 3. The highest BCUT2D eigenvalue weighted by Gasteiger charge is 2.32. The van der Waals surface area contributed by atoms with Gasteiger partial charge in [0.05, 0.1) is 12.7 Å². The van der Waals surface area contributed by atoms with Crippen LogP contribution in [0.4, 0.5) is 0 Å². The summed E-state index contributed by atoms with van der Waals surface area (Å²) in [7, 11) is 0. The number of carbonyl (C=O) groups is 2. The largest absolute Gasteiger partial charge is 0.373 e. The lowest BCUT2D eigenvalue weighted by molar-refractivity contribution is -0.0462. The van der Waals surface area contributed by atoms with Crippen molar-refractivity contribution in [1.82, 2.24) is 15.2 Å². The Labute approximate surface area is 141 Å². The van der Waals surface area contributed by atoms with Crippen molar-refractivity contribution in [3.8, 4) is 0 Å². The zero-order chi connectivity index (χ0) is 16.7. The van der Waals surface area contributed by atoms with E-state index in [0.29, 0.717) is 24.7 Å². The number of nitrogens with zero attached hydrogens (tertiary/aromatic N) is 1. The van der Waals surface area contributed by atoms with Crippen LogP contribution in [0, 0.1) is 6.92 Å². The van der Waals surface area contributed by atoms with Crippen molar-refractivity contribution in [1.29, 1.82) is 0 Å². The topological polar surface area (TPSA) is 74.4 Å². The molecule has 0 bridgehead atoms. The van der Waals surface area contributed by atoms with Crippen LogP contribution in [0.3, 0.4) is 0 Å². The van der Waals surface area contributed by atoms with Crippen LogP contribution in [0.5, 0.6) is 0 Å². The minimum atomic E-state index is -0.137. The maximum Gasteiger partial charge on any atom is 0.268 e. The number of carbonyl (C=O) groups excluding carboxylic acids is 2. The van der Waals surface area contributed by atoms with E-state index in [-0.39, 0.29) is 17.8 Å². The zero-order valence-corrected chi connectivity index (χ0v) is 14.2. The molecule has 1 aromatic rings. The average molecular weight is 331 g/mol. The zero-order valence-electron chi connectivity index (χ0n) is 14.2. The first-order chi connectivity index (χ1) is 11.6. The number of ether oxygens (including phenoxy) is 1. The molecule has 2 saturated heterocycles. The second-order valence-electron chi connectivity index (χ2n) is 7.21. The van der Waals surface area contributed by atoms with Gasteiger partial charge in [-0.2, -0.15) is 0 Å². The molecule has 4 rings (SSSR count). The van der Waals surface area contributed by atoms with E-state index in [1.54, 1.807) is 0 Å². The first-order valence-corrected chi connectivity index (χ1v) is 9.02. The molecule has 2 N–H and O–H groups in total. The third-order valence-electron chi connectivity index (χ3n) is 5.62. The first kappa shape index (κ1) is 15.8. The number of ketones is 1. The quantitative estimate of drug-likeness (QED) is 0.879. The molecular weight excluding hydrogens is 306 g/mol. The van der Waals surface area contributed by atoms with Gasteiger partial charge in [-0.1, -0.05) is 0 Å². The molecular formula is C18H25N3O3. The fourth-order valence-electron chi connectivity index (χ4n) is 4.31. The number of aromatic nitrogens is 1. The molecule has 6 nitrogen and oxygen atoms in total. The number of nitrogens with one attached hydrogen (secondary N) is 2. The number of aromatic amines is 1. The van der Waals surface area contributed by atoms with Gasteiger partial charge in [0.15, 0.2) is 5.78 Å². The number of fused-ring (bicyclic) bond motifs is 2. The number of morpholine rings is 1. The molecule has 2 aliphatic heterocycles. The van der Waals surface area contributed by atoms with Crippen molar-refractivity contribution < 1.29 is 14.3 Å². The van der Waals surface area contributed by atoms with Gasteiger partial charge in [0, 0.05) is 36.8 Å². The predicted octanol–water partition coefficient (Wildman–Crippen LogP) is 1.44. The molecule has 1 aliphatic carbocycles. The molecule has 130 valence electrons. The number of aryl methyl sites for hydroxylation is 1. The second-order valence-corrected chi connectivity index (χ2v) is 7.21.